The van der Waals surface area contributed by atoms with Gasteiger partial charge in [-0.3, -0.25) is 9.59 Å². The number of aryl methyl sites for hydroxylation is 1. The summed E-state index contributed by atoms with van der Waals surface area (Å²) in [5.41, 5.74) is 2.20. The van der Waals surface area contributed by atoms with Gasteiger partial charge in [0.25, 0.3) is 11.5 Å². The number of aromatic nitrogens is 3. The molecule has 0 atom stereocenters. The van der Waals surface area contributed by atoms with E-state index in [0.717, 1.165) is 57.1 Å². The van der Waals surface area contributed by atoms with Crippen molar-refractivity contribution in [2.45, 2.75) is 38.5 Å². The molecular formula is C23H32N6O2. The Morgan fingerprint density at radius 3 is 2.45 bits per heavy atom. The Labute approximate surface area is 183 Å². The Morgan fingerprint density at radius 1 is 1.10 bits per heavy atom. The average molecular weight is 425 g/mol. The van der Waals surface area contributed by atoms with Crippen LogP contribution in [0.25, 0.3) is 0 Å². The number of nitrogens with one attached hydrogen (secondary N) is 2. The number of nitrogens with zero attached hydrogens (tertiary/aromatic N) is 4. The summed E-state index contributed by atoms with van der Waals surface area (Å²) in [5, 5.41) is 2.60. The summed E-state index contributed by atoms with van der Waals surface area (Å²) in [5.74, 6) is 1.76. The van der Waals surface area contributed by atoms with Crippen molar-refractivity contribution in [2.75, 3.05) is 44.7 Å². The summed E-state index contributed by atoms with van der Waals surface area (Å²) < 4.78 is 0. The Kier molecular flexibility index (Phi) is 6.65. The molecule has 2 fully saturated rings. The lowest BCUT2D eigenvalue weighted by Crippen LogP contribution is -2.41. The highest BCUT2D eigenvalue weighted by molar-refractivity contribution is 5.92. The quantitative estimate of drug-likeness (QED) is 0.762. The lowest BCUT2D eigenvalue weighted by molar-refractivity contribution is 0.0958. The Morgan fingerprint density at radius 2 is 1.84 bits per heavy atom. The molecule has 0 aromatic carbocycles. The van der Waals surface area contributed by atoms with Gasteiger partial charge in [-0.15, -0.1) is 0 Å². The van der Waals surface area contributed by atoms with Crippen LogP contribution in [-0.4, -0.2) is 65.5 Å². The highest BCUT2D eigenvalue weighted by Gasteiger charge is 2.26. The normalized spacial score (nSPS) is 18.8. The van der Waals surface area contributed by atoms with Crippen LogP contribution in [0.15, 0.2) is 29.3 Å². The minimum absolute atomic E-state index is 0.0161. The molecule has 0 bridgehead atoms. The van der Waals surface area contributed by atoms with Crippen LogP contribution < -0.4 is 15.8 Å². The number of rotatable bonds is 5. The van der Waals surface area contributed by atoms with E-state index in [1.807, 2.05) is 6.07 Å². The molecule has 2 saturated heterocycles. The minimum Gasteiger partial charge on any atom is -0.370 e. The van der Waals surface area contributed by atoms with Gasteiger partial charge in [0.2, 0.25) is 0 Å². The van der Waals surface area contributed by atoms with Gasteiger partial charge in [-0.05, 0) is 63.7 Å². The number of aromatic amines is 1. The molecule has 0 spiro atoms. The van der Waals surface area contributed by atoms with Crippen molar-refractivity contribution >= 4 is 11.6 Å². The first-order valence-electron chi connectivity index (χ1n) is 11.2. The number of pyridine rings is 1. The topological polar surface area (TPSA) is 94.2 Å². The Bertz CT molecular complexity index is 941. The second-order valence-corrected chi connectivity index (χ2v) is 8.77. The number of amides is 1. The molecule has 2 aromatic rings. The average Bonchev–Trinajstić information content (AvgIpc) is 2.81. The zero-order valence-electron chi connectivity index (χ0n) is 18.4. The zero-order chi connectivity index (χ0) is 21.8. The van der Waals surface area contributed by atoms with Crippen LogP contribution in [0, 0.1) is 12.8 Å². The molecule has 2 N–H and O–H groups in total. The number of carbonyl (C=O) groups excluding carboxylic acids is 1. The van der Waals surface area contributed by atoms with Gasteiger partial charge in [-0.25, -0.2) is 9.97 Å². The second kappa shape index (κ2) is 9.60. The maximum Gasteiger partial charge on any atom is 0.269 e. The summed E-state index contributed by atoms with van der Waals surface area (Å²) in [7, 11) is 1.62. The van der Waals surface area contributed by atoms with Gasteiger partial charge in [0.15, 0.2) is 0 Å². The molecule has 1 amide bonds. The summed E-state index contributed by atoms with van der Waals surface area (Å²) in [6.45, 7) is 7.11. The predicted octanol–water partition coefficient (Wildman–Crippen LogP) is 1.93. The summed E-state index contributed by atoms with van der Waals surface area (Å²) >= 11 is 0. The minimum atomic E-state index is -0.154. The van der Waals surface area contributed by atoms with Gasteiger partial charge in [-0.2, -0.15) is 0 Å². The predicted molar refractivity (Wildman–Crippen MR) is 121 cm³/mol. The van der Waals surface area contributed by atoms with Crippen molar-refractivity contribution in [3.8, 4) is 0 Å². The van der Waals surface area contributed by atoms with Crippen LogP contribution in [0.1, 0.15) is 53.5 Å². The van der Waals surface area contributed by atoms with Crippen LogP contribution in [-0.2, 0) is 0 Å². The highest BCUT2D eigenvalue weighted by atomic mass is 16.1. The van der Waals surface area contributed by atoms with E-state index in [-0.39, 0.29) is 11.5 Å². The smallest absolute Gasteiger partial charge is 0.269 e. The fourth-order valence-corrected chi connectivity index (χ4v) is 4.64. The molecule has 2 aliphatic rings. The van der Waals surface area contributed by atoms with Gasteiger partial charge >= 0.3 is 0 Å². The zero-order valence-corrected chi connectivity index (χ0v) is 18.4. The molecule has 8 heteroatoms. The fourth-order valence-electron chi connectivity index (χ4n) is 4.64. The van der Waals surface area contributed by atoms with E-state index in [1.54, 1.807) is 32.4 Å². The Hall–Kier alpha value is -2.74. The van der Waals surface area contributed by atoms with E-state index < -0.39 is 0 Å². The van der Waals surface area contributed by atoms with Crippen molar-refractivity contribution in [1.29, 1.82) is 0 Å². The van der Waals surface area contributed by atoms with E-state index >= 15 is 0 Å². The van der Waals surface area contributed by atoms with E-state index in [4.69, 9.17) is 0 Å². The van der Waals surface area contributed by atoms with Gasteiger partial charge < -0.3 is 20.1 Å². The van der Waals surface area contributed by atoms with Gasteiger partial charge in [0.05, 0.1) is 11.9 Å². The largest absolute Gasteiger partial charge is 0.370 e. The first-order chi connectivity index (χ1) is 15.0. The second-order valence-electron chi connectivity index (χ2n) is 8.77. The first-order valence-corrected chi connectivity index (χ1v) is 11.2. The molecule has 166 valence electrons. The third kappa shape index (κ3) is 5.12. The molecule has 0 unspecified atom stereocenters. The molecule has 0 saturated carbocycles. The molecule has 0 radical (unpaired) electrons. The van der Waals surface area contributed by atoms with Crippen LogP contribution >= 0.6 is 0 Å². The maximum absolute atomic E-state index is 11.9. The number of piperidine rings is 2. The summed E-state index contributed by atoms with van der Waals surface area (Å²) in [6.07, 6.45) is 7.94. The Balaban J connectivity index is 1.23. The monoisotopic (exact) mass is 424 g/mol. The van der Waals surface area contributed by atoms with Crippen LogP contribution in [0.3, 0.4) is 0 Å². The maximum atomic E-state index is 11.9. The van der Waals surface area contributed by atoms with Gasteiger partial charge in [0, 0.05) is 44.4 Å². The highest BCUT2D eigenvalue weighted by Crippen LogP contribution is 2.28. The number of hydrogen-bond donors (Lipinski definition) is 2. The molecule has 4 heterocycles. The third-order valence-corrected chi connectivity index (χ3v) is 6.67. The lowest BCUT2D eigenvalue weighted by atomic mass is 9.92. The van der Waals surface area contributed by atoms with Gasteiger partial charge in [0.1, 0.15) is 11.5 Å². The fraction of sp³-hybridized carbons (Fsp3) is 0.565. The summed E-state index contributed by atoms with van der Waals surface area (Å²) in [4.78, 5) is 40.2. The molecule has 2 aliphatic heterocycles. The SMILES string of the molecule is CNC(=O)c1ccc(N2CCC(CN3CCC(c4ncc(C)c(=O)[nH]4)CC3)CC2)cn1. The molecule has 0 aliphatic carbocycles. The molecular weight excluding hydrogens is 392 g/mol. The van der Waals surface area contributed by atoms with Crippen LogP contribution in [0.4, 0.5) is 5.69 Å². The molecule has 2 aromatic heterocycles. The van der Waals surface area contributed by atoms with E-state index in [0.29, 0.717) is 23.1 Å². The number of anilines is 1. The van der Waals surface area contributed by atoms with Crippen LogP contribution in [0.5, 0.6) is 0 Å². The standard InChI is InChI=1S/C23H32N6O2/c1-16-13-26-21(27-22(16)30)18-7-9-28(10-8-18)15-17-5-11-29(12-6-17)19-3-4-20(25-14-19)23(31)24-2/h3-4,13-14,17-18H,5-12,15H2,1-2H3,(H,24,31)(H,26,27,30). The molecule has 31 heavy (non-hydrogen) atoms. The lowest BCUT2D eigenvalue weighted by Gasteiger charge is -2.38. The first kappa shape index (κ1) is 21.5. The van der Waals surface area contributed by atoms with Crippen molar-refractivity contribution in [1.82, 2.24) is 25.2 Å². The van der Waals surface area contributed by atoms with Crippen LogP contribution in [0.2, 0.25) is 0 Å². The number of carbonyl (C=O) groups is 1. The number of likely N-dealkylation sites (tertiary alicyclic amines) is 1. The van der Waals surface area contributed by atoms with Gasteiger partial charge in [-0.1, -0.05) is 0 Å². The number of H-pyrrole nitrogens is 1. The van der Waals surface area contributed by atoms with Crippen molar-refractivity contribution in [3.05, 3.63) is 52.0 Å². The van der Waals surface area contributed by atoms with E-state index in [9.17, 15) is 9.59 Å². The van der Waals surface area contributed by atoms with E-state index in [2.05, 4.69) is 30.1 Å². The molecule has 8 nitrogen and oxygen atoms in total. The third-order valence-electron chi connectivity index (χ3n) is 6.67. The van der Waals surface area contributed by atoms with E-state index in [1.165, 1.54) is 12.8 Å². The number of hydrogen-bond acceptors (Lipinski definition) is 6. The van der Waals surface area contributed by atoms with Crippen molar-refractivity contribution < 1.29 is 4.79 Å². The van der Waals surface area contributed by atoms with Crippen molar-refractivity contribution in [3.63, 3.8) is 0 Å². The van der Waals surface area contributed by atoms with Crippen molar-refractivity contribution in [2.24, 2.45) is 5.92 Å². The summed E-state index contributed by atoms with van der Waals surface area (Å²) in [6, 6.07) is 3.78. The molecule has 4 rings (SSSR count).